The Morgan fingerprint density at radius 2 is 2.53 bits per heavy atom. The molecule has 1 aliphatic heterocycles. The Bertz CT molecular complexity index is 386. The summed E-state index contributed by atoms with van der Waals surface area (Å²) in [6, 6.07) is 0. The first-order chi connectivity index (χ1) is 8.18. The topological polar surface area (TPSA) is 42.4 Å². The van der Waals surface area contributed by atoms with Crippen LogP contribution in [0.15, 0.2) is 5.51 Å². The van der Waals surface area contributed by atoms with Crippen LogP contribution >= 0.6 is 11.3 Å². The monoisotopic (exact) mass is 254 g/mol. The van der Waals surface area contributed by atoms with E-state index in [9.17, 15) is 4.79 Å². The van der Waals surface area contributed by atoms with Gasteiger partial charge in [-0.1, -0.05) is 0 Å². The van der Waals surface area contributed by atoms with Crippen molar-refractivity contribution < 1.29 is 9.53 Å². The highest BCUT2D eigenvalue weighted by atomic mass is 32.1. The highest BCUT2D eigenvalue weighted by Crippen LogP contribution is 2.16. The van der Waals surface area contributed by atoms with Crippen molar-refractivity contribution in [2.75, 3.05) is 26.8 Å². The van der Waals surface area contributed by atoms with E-state index in [0.717, 1.165) is 31.7 Å². The Hall–Kier alpha value is -0.940. The lowest BCUT2D eigenvalue weighted by molar-refractivity contribution is -0.134. The van der Waals surface area contributed by atoms with Crippen LogP contribution in [0.25, 0.3) is 0 Å². The Balaban J connectivity index is 1.82. The van der Waals surface area contributed by atoms with Crippen LogP contribution in [0.1, 0.15) is 17.0 Å². The first-order valence-corrected chi connectivity index (χ1v) is 6.78. The van der Waals surface area contributed by atoms with Crippen molar-refractivity contribution in [3.63, 3.8) is 0 Å². The number of carbonyl (C=O) groups is 1. The molecule has 1 aromatic rings. The quantitative estimate of drug-likeness (QED) is 0.817. The molecular formula is C12H18N2O2S. The van der Waals surface area contributed by atoms with Crippen LogP contribution in [0.3, 0.4) is 0 Å². The number of carbonyl (C=O) groups excluding carboxylic acids is 1. The lowest BCUT2D eigenvalue weighted by Gasteiger charge is -2.19. The van der Waals surface area contributed by atoms with E-state index in [1.807, 2.05) is 24.4 Å². The molecule has 0 aliphatic carbocycles. The van der Waals surface area contributed by atoms with Crippen LogP contribution < -0.4 is 0 Å². The standard InChI is InChI=1S/C12H18N2O2S/c1-9-11(17-8-13-9)3-5-14(2)12(15)10-4-6-16-7-10/h8,10H,3-7H2,1-2H3. The SMILES string of the molecule is Cc1ncsc1CCN(C)C(=O)C1CCOC1. The molecule has 0 saturated carbocycles. The number of hydrogen-bond donors (Lipinski definition) is 0. The summed E-state index contributed by atoms with van der Waals surface area (Å²) in [6.07, 6.45) is 1.76. The van der Waals surface area contributed by atoms with Gasteiger partial charge in [0.1, 0.15) is 0 Å². The minimum Gasteiger partial charge on any atom is -0.381 e. The first-order valence-electron chi connectivity index (χ1n) is 5.90. The Morgan fingerprint density at radius 3 is 3.12 bits per heavy atom. The molecule has 2 rings (SSSR count). The molecule has 2 heterocycles. The summed E-state index contributed by atoms with van der Waals surface area (Å²) < 4.78 is 5.24. The van der Waals surface area contributed by atoms with Gasteiger partial charge in [0.25, 0.3) is 0 Å². The van der Waals surface area contributed by atoms with Gasteiger partial charge >= 0.3 is 0 Å². The van der Waals surface area contributed by atoms with Gasteiger partial charge in [-0.3, -0.25) is 4.79 Å². The van der Waals surface area contributed by atoms with Crippen LogP contribution in [-0.2, 0) is 16.0 Å². The van der Waals surface area contributed by atoms with Gasteiger partial charge in [-0.15, -0.1) is 11.3 Å². The summed E-state index contributed by atoms with van der Waals surface area (Å²) in [5.41, 5.74) is 2.94. The molecule has 0 spiro atoms. The molecule has 1 atom stereocenters. The number of thiazole rings is 1. The van der Waals surface area contributed by atoms with Crippen LogP contribution in [-0.4, -0.2) is 42.6 Å². The summed E-state index contributed by atoms with van der Waals surface area (Å²) >= 11 is 1.66. The van der Waals surface area contributed by atoms with Crippen LogP contribution in [0.4, 0.5) is 0 Å². The molecule has 1 fully saturated rings. The number of rotatable bonds is 4. The normalized spacial score (nSPS) is 19.5. The van der Waals surface area contributed by atoms with E-state index >= 15 is 0 Å². The maximum absolute atomic E-state index is 12.0. The van der Waals surface area contributed by atoms with Gasteiger partial charge in [-0.05, 0) is 13.3 Å². The second-order valence-corrected chi connectivity index (χ2v) is 5.37. The number of nitrogens with zero attached hydrogens (tertiary/aromatic N) is 2. The van der Waals surface area contributed by atoms with E-state index in [4.69, 9.17) is 4.74 Å². The maximum Gasteiger partial charge on any atom is 0.227 e. The summed E-state index contributed by atoms with van der Waals surface area (Å²) in [5, 5.41) is 0. The fourth-order valence-electron chi connectivity index (χ4n) is 1.99. The molecule has 4 nitrogen and oxygen atoms in total. The Labute approximate surface area is 106 Å². The minimum atomic E-state index is 0.0718. The van der Waals surface area contributed by atoms with Crippen LogP contribution in [0.2, 0.25) is 0 Å². The van der Waals surface area contributed by atoms with Gasteiger partial charge in [0.2, 0.25) is 5.91 Å². The summed E-state index contributed by atoms with van der Waals surface area (Å²) in [5.74, 6) is 0.284. The molecule has 0 bridgehead atoms. The maximum atomic E-state index is 12.0. The zero-order chi connectivity index (χ0) is 12.3. The molecule has 0 aromatic carbocycles. The van der Waals surface area contributed by atoms with Gasteiger partial charge in [0.05, 0.1) is 23.7 Å². The first kappa shape index (κ1) is 12.5. The fourth-order valence-corrected chi connectivity index (χ4v) is 2.76. The van der Waals surface area contributed by atoms with Gasteiger partial charge in [0, 0.05) is 31.5 Å². The molecule has 0 N–H and O–H groups in total. The largest absolute Gasteiger partial charge is 0.381 e. The molecule has 0 radical (unpaired) electrons. The van der Waals surface area contributed by atoms with Crippen molar-refractivity contribution in [2.24, 2.45) is 5.92 Å². The number of amides is 1. The number of likely N-dealkylation sites (N-methyl/N-ethyl adjacent to an activating group) is 1. The second kappa shape index (κ2) is 5.60. The number of aryl methyl sites for hydroxylation is 1. The highest BCUT2D eigenvalue weighted by Gasteiger charge is 2.26. The lowest BCUT2D eigenvalue weighted by atomic mass is 10.1. The highest BCUT2D eigenvalue weighted by molar-refractivity contribution is 7.09. The lowest BCUT2D eigenvalue weighted by Crippen LogP contribution is -2.34. The van der Waals surface area contributed by atoms with Crippen molar-refractivity contribution in [3.8, 4) is 0 Å². The molecule has 1 amide bonds. The van der Waals surface area contributed by atoms with Gasteiger partial charge in [-0.25, -0.2) is 4.98 Å². The average Bonchev–Trinajstić information content (AvgIpc) is 2.96. The zero-order valence-corrected chi connectivity index (χ0v) is 11.1. The molecular weight excluding hydrogens is 236 g/mol. The van der Waals surface area contributed by atoms with E-state index in [1.165, 1.54) is 4.88 Å². The second-order valence-electron chi connectivity index (χ2n) is 4.43. The molecule has 1 saturated heterocycles. The van der Waals surface area contributed by atoms with Crippen LogP contribution in [0, 0.1) is 12.8 Å². The van der Waals surface area contributed by atoms with Crippen molar-refractivity contribution in [3.05, 3.63) is 16.1 Å². The molecule has 1 aromatic heterocycles. The molecule has 1 aliphatic rings. The van der Waals surface area contributed by atoms with Crippen LogP contribution in [0.5, 0.6) is 0 Å². The molecule has 1 unspecified atom stereocenters. The molecule has 5 heteroatoms. The Kier molecular flexibility index (Phi) is 4.12. The number of aromatic nitrogens is 1. The third kappa shape index (κ3) is 3.04. The molecule has 94 valence electrons. The van der Waals surface area contributed by atoms with E-state index < -0.39 is 0 Å². The van der Waals surface area contributed by atoms with Gasteiger partial charge in [0.15, 0.2) is 0 Å². The van der Waals surface area contributed by atoms with E-state index in [1.54, 1.807) is 11.3 Å². The third-order valence-electron chi connectivity index (χ3n) is 3.17. The number of hydrogen-bond acceptors (Lipinski definition) is 4. The smallest absolute Gasteiger partial charge is 0.227 e. The van der Waals surface area contributed by atoms with E-state index in [-0.39, 0.29) is 11.8 Å². The number of ether oxygens (including phenoxy) is 1. The van der Waals surface area contributed by atoms with E-state index in [2.05, 4.69) is 4.98 Å². The van der Waals surface area contributed by atoms with Gasteiger partial charge < -0.3 is 9.64 Å². The van der Waals surface area contributed by atoms with Crippen molar-refractivity contribution >= 4 is 17.2 Å². The predicted molar refractivity (Wildman–Crippen MR) is 67.1 cm³/mol. The fraction of sp³-hybridized carbons (Fsp3) is 0.667. The predicted octanol–water partition coefficient (Wildman–Crippen LogP) is 1.49. The van der Waals surface area contributed by atoms with Crippen molar-refractivity contribution in [1.82, 2.24) is 9.88 Å². The zero-order valence-electron chi connectivity index (χ0n) is 10.3. The van der Waals surface area contributed by atoms with Gasteiger partial charge in [-0.2, -0.15) is 0 Å². The van der Waals surface area contributed by atoms with Crippen molar-refractivity contribution in [2.45, 2.75) is 19.8 Å². The average molecular weight is 254 g/mol. The Morgan fingerprint density at radius 1 is 1.71 bits per heavy atom. The summed E-state index contributed by atoms with van der Waals surface area (Å²) in [6.45, 7) is 4.08. The summed E-state index contributed by atoms with van der Waals surface area (Å²) in [7, 11) is 1.87. The summed E-state index contributed by atoms with van der Waals surface area (Å²) in [4.78, 5) is 19.3. The van der Waals surface area contributed by atoms with E-state index in [0.29, 0.717) is 6.61 Å². The third-order valence-corrected chi connectivity index (χ3v) is 4.17. The minimum absolute atomic E-state index is 0.0718. The van der Waals surface area contributed by atoms with Crippen molar-refractivity contribution in [1.29, 1.82) is 0 Å². The molecule has 17 heavy (non-hydrogen) atoms.